The molecule has 0 amide bonds. The molecular weight excluding hydrogens is 322 g/mol. The normalized spacial score (nSPS) is 20.3. The predicted molar refractivity (Wildman–Crippen MR) is 89.0 cm³/mol. The Labute approximate surface area is 128 Å². The number of nitrogens with two attached hydrogens (primary N) is 1. The van der Waals surface area contributed by atoms with Crippen LogP contribution in [0, 0.1) is 0 Å². The molecule has 5 heteroatoms. The standard InChI is InChI=1S/C14H20BrN3S/c1-17-8-4-5-10(9-17)18(2)12-7-3-6-11(15)13(12)14(16)19/h3,6-7,10H,4-5,8-9H2,1-2H3,(H2,16,19). The van der Waals surface area contributed by atoms with Crippen LogP contribution in [0.2, 0.25) is 0 Å². The van der Waals surface area contributed by atoms with Gasteiger partial charge in [0.05, 0.1) is 0 Å². The maximum absolute atomic E-state index is 5.87. The Kier molecular flexibility index (Phi) is 4.81. The number of likely N-dealkylation sites (tertiary alicyclic amines) is 1. The first kappa shape index (κ1) is 14.8. The lowest BCUT2D eigenvalue weighted by Gasteiger charge is -2.38. The molecule has 104 valence electrons. The van der Waals surface area contributed by atoms with Crippen molar-refractivity contribution in [1.82, 2.24) is 4.90 Å². The van der Waals surface area contributed by atoms with Gasteiger partial charge in [0, 0.05) is 35.4 Å². The zero-order valence-electron chi connectivity index (χ0n) is 11.4. The molecule has 0 aliphatic carbocycles. The van der Waals surface area contributed by atoms with E-state index >= 15 is 0 Å². The SMILES string of the molecule is CN1CCCC(N(C)c2cccc(Br)c2C(N)=S)C1. The molecule has 1 unspecified atom stereocenters. The number of benzene rings is 1. The molecule has 19 heavy (non-hydrogen) atoms. The maximum Gasteiger partial charge on any atom is 0.107 e. The third-order valence-corrected chi connectivity index (χ3v) is 4.63. The molecule has 0 spiro atoms. The van der Waals surface area contributed by atoms with Gasteiger partial charge in [-0.3, -0.25) is 0 Å². The fraction of sp³-hybridized carbons (Fsp3) is 0.500. The van der Waals surface area contributed by atoms with Crippen molar-refractivity contribution in [3.8, 4) is 0 Å². The van der Waals surface area contributed by atoms with Crippen LogP contribution >= 0.6 is 28.1 Å². The van der Waals surface area contributed by atoms with E-state index in [9.17, 15) is 0 Å². The van der Waals surface area contributed by atoms with E-state index in [0.717, 1.165) is 22.3 Å². The fourth-order valence-electron chi connectivity index (χ4n) is 2.70. The second kappa shape index (κ2) is 6.20. The highest BCUT2D eigenvalue weighted by molar-refractivity contribution is 9.10. The third-order valence-electron chi connectivity index (χ3n) is 3.77. The van der Waals surface area contributed by atoms with Gasteiger partial charge in [-0.2, -0.15) is 0 Å². The molecule has 3 nitrogen and oxygen atoms in total. The van der Waals surface area contributed by atoms with Crippen molar-refractivity contribution in [2.24, 2.45) is 5.73 Å². The lowest BCUT2D eigenvalue weighted by atomic mass is 10.0. The van der Waals surface area contributed by atoms with Crippen molar-refractivity contribution in [3.63, 3.8) is 0 Å². The van der Waals surface area contributed by atoms with E-state index in [1.54, 1.807) is 0 Å². The van der Waals surface area contributed by atoms with Crippen LogP contribution in [0.3, 0.4) is 0 Å². The maximum atomic E-state index is 5.87. The van der Waals surface area contributed by atoms with Crippen molar-refractivity contribution in [3.05, 3.63) is 28.2 Å². The van der Waals surface area contributed by atoms with Gasteiger partial charge >= 0.3 is 0 Å². The second-order valence-electron chi connectivity index (χ2n) is 5.17. The summed E-state index contributed by atoms with van der Waals surface area (Å²) in [5.74, 6) is 0. The first-order valence-electron chi connectivity index (χ1n) is 6.50. The summed E-state index contributed by atoms with van der Waals surface area (Å²) < 4.78 is 0.966. The Morgan fingerprint density at radius 1 is 1.53 bits per heavy atom. The van der Waals surface area contributed by atoms with Gasteiger partial charge in [-0.05, 0) is 54.5 Å². The van der Waals surface area contributed by atoms with E-state index in [4.69, 9.17) is 18.0 Å². The molecule has 1 atom stereocenters. The first-order chi connectivity index (χ1) is 9.00. The van der Waals surface area contributed by atoms with Crippen LogP contribution in [-0.4, -0.2) is 43.1 Å². The molecule has 1 heterocycles. The van der Waals surface area contributed by atoms with Gasteiger partial charge in [0.15, 0.2) is 0 Å². The highest BCUT2D eigenvalue weighted by Crippen LogP contribution is 2.30. The molecular formula is C14H20BrN3S. The molecule has 1 aromatic carbocycles. The van der Waals surface area contributed by atoms with Crippen LogP contribution in [0.5, 0.6) is 0 Å². The number of hydrogen-bond donors (Lipinski definition) is 1. The Balaban J connectivity index is 2.30. The van der Waals surface area contributed by atoms with Gasteiger partial charge in [-0.15, -0.1) is 0 Å². The predicted octanol–water partition coefficient (Wildman–Crippen LogP) is 2.61. The number of rotatable bonds is 3. The number of thiocarbonyl (C=S) groups is 1. The lowest BCUT2D eigenvalue weighted by molar-refractivity contribution is 0.248. The van der Waals surface area contributed by atoms with Gasteiger partial charge in [0.1, 0.15) is 4.99 Å². The average Bonchev–Trinajstić information content (AvgIpc) is 2.37. The van der Waals surface area contributed by atoms with Crippen LogP contribution in [0.25, 0.3) is 0 Å². The number of anilines is 1. The summed E-state index contributed by atoms with van der Waals surface area (Å²) in [5.41, 5.74) is 7.93. The zero-order valence-corrected chi connectivity index (χ0v) is 13.8. The Hall–Kier alpha value is -0.650. The molecule has 0 radical (unpaired) electrons. The van der Waals surface area contributed by atoms with Crippen molar-refractivity contribution in [1.29, 1.82) is 0 Å². The molecule has 1 fully saturated rings. The summed E-state index contributed by atoms with van der Waals surface area (Å²) in [4.78, 5) is 5.14. The minimum atomic E-state index is 0.443. The Bertz CT molecular complexity index is 478. The van der Waals surface area contributed by atoms with Gasteiger partial charge < -0.3 is 15.5 Å². The van der Waals surface area contributed by atoms with Crippen LogP contribution < -0.4 is 10.6 Å². The summed E-state index contributed by atoms with van der Waals surface area (Å²) in [5, 5.41) is 0. The fourth-order valence-corrected chi connectivity index (χ4v) is 3.62. The zero-order chi connectivity index (χ0) is 14.0. The highest BCUT2D eigenvalue weighted by atomic mass is 79.9. The van der Waals surface area contributed by atoms with Crippen LogP contribution in [0.1, 0.15) is 18.4 Å². The lowest BCUT2D eigenvalue weighted by Crippen LogP contribution is -2.45. The van der Waals surface area contributed by atoms with Crippen molar-refractivity contribution in [2.45, 2.75) is 18.9 Å². The molecule has 2 rings (SSSR count). The van der Waals surface area contributed by atoms with Crippen molar-refractivity contribution in [2.75, 3.05) is 32.1 Å². The van der Waals surface area contributed by atoms with E-state index in [2.05, 4.69) is 45.9 Å². The van der Waals surface area contributed by atoms with Crippen molar-refractivity contribution >= 4 is 38.8 Å². The Morgan fingerprint density at radius 2 is 2.26 bits per heavy atom. The van der Waals surface area contributed by atoms with Gasteiger partial charge in [-0.1, -0.05) is 18.3 Å². The summed E-state index contributed by atoms with van der Waals surface area (Å²) >= 11 is 8.74. The molecule has 2 N–H and O–H groups in total. The number of halogens is 1. The topological polar surface area (TPSA) is 32.5 Å². The van der Waals surface area contributed by atoms with Gasteiger partial charge in [0.2, 0.25) is 0 Å². The monoisotopic (exact) mass is 341 g/mol. The molecule has 1 saturated heterocycles. The largest absolute Gasteiger partial charge is 0.389 e. The molecule has 0 saturated carbocycles. The Morgan fingerprint density at radius 3 is 2.89 bits per heavy atom. The molecule has 1 aromatic rings. The third kappa shape index (κ3) is 3.27. The summed E-state index contributed by atoms with van der Waals surface area (Å²) in [6.45, 7) is 2.27. The number of hydrogen-bond acceptors (Lipinski definition) is 3. The van der Waals surface area contributed by atoms with Crippen LogP contribution in [-0.2, 0) is 0 Å². The van der Waals surface area contributed by atoms with Gasteiger partial charge in [0.25, 0.3) is 0 Å². The van der Waals surface area contributed by atoms with Gasteiger partial charge in [-0.25, -0.2) is 0 Å². The van der Waals surface area contributed by atoms with E-state index in [1.165, 1.54) is 19.4 Å². The highest BCUT2D eigenvalue weighted by Gasteiger charge is 2.23. The summed E-state index contributed by atoms with van der Waals surface area (Å²) in [6.07, 6.45) is 2.45. The number of likely N-dealkylation sites (N-methyl/N-ethyl adjacent to an activating group) is 2. The van der Waals surface area contributed by atoms with E-state index in [-0.39, 0.29) is 0 Å². The quantitative estimate of drug-likeness (QED) is 0.856. The molecule has 1 aliphatic heterocycles. The molecule has 0 aromatic heterocycles. The van der Waals surface area contributed by atoms with Crippen molar-refractivity contribution < 1.29 is 0 Å². The van der Waals surface area contributed by atoms with E-state index in [0.29, 0.717) is 11.0 Å². The first-order valence-corrected chi connectivity index (χ1v) is 7.70. The summed E-state index contributed by atoms with van der Waals surface area (Å²) in [7, 11) is 4.31. The molecule has 1 aliphatic rings. The molecule has 0 bridgehead atoms. The minimum Gasteiger partial charge on any atom is -0.389 e. The second-order valence-corrected chi connectivity index (χ2v) is 6.46. The van der Waals surface area contributed by atoms with E-state index in [1.807, 2.05) is 12.1 Å². The number of nitrogens with zero attached hydrogens (tertiary/aromatic N) is 2. The van der Waals surface area contributed by atoms with E-state index < -0.39 is 0 Å². The van der Waals surface area contributed by atoms with Crippen LogP contribution in [0.15, 0.2) is 22.7 Å². The van der Waals surface area contributed by atoms with Crippen LogP contribution in [0.4, 0.5) is 5.69 Å². The smallest absolute Gasteiger partial charge is 0.107 e. The summed E-state index contributed by atoms with van der Waals surface area (Å²) in [6, 6.07) is 6.62. The minimum absolute atomic E-state index is 0.443. The number of piperidine rings is 1. The average molecular weight is 342 g/mol.